The van der Waals surface area contributed by atoms with E-state index in [1.165, 1.54) is 5.56 Å². The van der Waals surface area contributed by atoms with Crippen molar-refractivity contribution in [3.63, 3.8) is 0 Å². The highest BCUT2D eigenvalue weighted by Crippen LogP contribution is 2.35. The molecule has 0 aliphatic carbocycles. The second-order valence-corrected chi connectivity index (χ2v) is 7.38. The Kier molecular flexibility index (Phi) is 5.00. The van der Waals surface area contributed by atoms with E-state index in [2.05, 4.69) is 27.3 Å². The van der Waals surface area contributed by atoms with Crippen molar-refractivity contribution in [2.45, 2.75) is 37.5 Å². The number of ether oxygens (including phenoxy) is 1. The largest absolute Gasteiger partial charge is 0.373 e. The number of rotatable bonds is 4. The SMILES string of the molecule is O=C(N[C@H]1CCO[C@@]2(CCN(Cc3ccncc3)C2)C1)c1ccccc1. The number of benzene rings is 1. The first-order valence-corrected chi connectivity index (χ1v) is 9.34. The molecular weight excluding hydrogens is 326 g/mol. The second-order valence-electron chi connectivity index (χ2n) is 7.38. The summed E-state index contributed by atoms with van der Waals surface area (Å²) in [4.78, 5) is 19.0. The maximum atomic E-state index is 12.5. The maximum Gasteiger partial charge on any atom is 0.251 e. The van der Waals surface area contributed by atoms with Crippen LogP contribution in [0.15, 0.2) is 54.9 Å². The first kappa shape index (κ1) is 17.2. The van der Waals surface area contributed by atoms with E-state index in [4.69, 9.17) is 4.74 Å². The zero-order valence-electron chi connectivity index (χ0n) is 14.9. The lowest BCUT2D eigenvalue weighted by Gasteiger charge is -2.38. The Bertz CT molecular complexity index is 737. The number of nitrogens with one attached hydrogen (secondary N) is 1. The molecule has 3 heterocycles. The lowest BCUT2D eigenvalue weighted by molar-refractivity contribution is -0.0793. The zero-order valence-corrected chi connectivity index (χ0v) is 14.9. The first-order valence-electron chi connectivity index (χ1n) is 9.34. The van der Waals surface area contributed by atoms with Crippen molar-refractivity contribution in [3.8, 4) is 0 Å². The summed E-state index contributed by atoms with van der Waals surface area (Å²) in [6, 6.07) is 13.7. The Morgan fingerprint density at radius 3 is 2.85 bits per heavy atom. The molecule has 2 aromatic rings. The molecule has 1 spiro atoms. The third-order valence-corrected chi connectivity index (χ3v) is 5.42. The summed E-state index contributed by atoms with van der Waals surface area (Å²) in [6.07, 6.45) is 6.47. The van der Waals surface area contributed by atoms with E-state index < -0.39 is 0 Å². The molecule has 26 heavy (non-hydrogen) atoms. The van der Waals surface area contributed by atoms with Gasteiger partial charge >= 0.3 is 0 Å². The minimum Gasteiger partial charge on any atom is -0.373 e. The number of aromatic nitrogens is 1. The van der Waals surface area contributed by atoms with Crippen LogP contribution in [-0.4, -0.2) is 47.1 Å². The van der Waals surface area contributed by atoms with E-state index in [0.29, 0.717) is 6.61 Å². The summed E-state index contributed by atoms with van der Waals surface area (Å²) < 4.78 is 6.21. The molecule has 5 heteroatoms. The fraction of sp³-hybridized carbons (Fsp3) is 0.429. The van der Waals surface area contributed by atoms with Gasteiger partial charge in [-0.1, -0.05) is 18.2 Å². The summed E-state index contributed by atoms with van der Waals surface area (Å²) in [7, 11) is 0. The van der Waals surface area contributed by atoms with Crippen LogP contribution in [-0.2, 0) is 11.3 Å². The molecule has 2 aliphatic rings. The quantitative estimate of drug-likeness (QED) is 0.920. The average molecular weight is 351 g/mol. The lowest BCUT2D eigenvalue weighted by Crippen LogP contribution is -2.49. The summed E-state index contributed by atoms with van der Waals surface area (Å²) in [5, 5.41) is 3.21. The predicted octanol–water partition coefficient (Wildman–Crippen LogP) is 2.64. The van der Waals surface area contributed by atoms with E-state index in [-0.39, 0.29) is 17.6 Å². The fourth-order valence-corrected chi connectivity index (χ4v) is 4.10. The van der Waals surface area contributed by atoms with Gasteiger partial charge in [0, 0.05) is 50.2 Å². The number of nitrogens with zero attached hydrogens (tertiary/aromatic N) is 2. The van der Waals surface area contributed by atoms with Gasteiger partial charge in [-0.2, -0.15) is 0 Å². The van der Waals surface area contributed by atoms with E-state index in [9.17, 15) is 4.79 Å². The Hall–Kier alpha value is -2.24. The molecule has 2 aliphatic heterocycles. The number of amides is 1. The van der Waals surface area contributed by atoms with Crippen LogP contribution in [0.4, 0.5) is 0 Å². The maximum absolute atomic E-state index is 12.5. The van der Waals surface area contributed by atoms with Crippen molar-refractivity contribution >= 4 is 5.91 Å². The normalized spacial score (nSPS) is 26.1. The third kappa shape index (κ3) is 3.94. The molecule has 2 saturated heterocycles. The summed E-state index contributed by atoms with van der Waals surface area (Å²) in [5.41, 5.74) is 1.88. The average Bonchev–Trinajstić information content (AvgIpc) is 3.05. The number of carbonyl (C=O) groups is 1. The van der Waals surface area contributed by atoms with E-state index in [0.717, 1.165) is 44.5 Å². The molecular formula is C21H25N3O2. The number of pyridine rings is 1. The van der Waals surface area contributed by atoms with Crippen molar-refractivity contribution in [2.24, 2.45) is 0 Å². The Morgan fingerprint density at radius 2 is 2.04 bits per heavy atom. The molecule has 2 fully saturated rings. The lowest BCUT2D eigenvalue weighted by atomic mass is 9.89. The molecule has 0 unspecified atom stereocenters. The van der Waals surface area contributed by atoms with E-state index in [1.807, 2.05) is 42.7 Å². The molecule has 0 saturated carbocycles. The van der Waals surface area contributed by atoms with Crippen LogP contribution in [0.25, 0.3) is 0 Å². The van der Waals surface area contributed by atoms with Crippen LogP contribution in [0.2, 0.25) is 0 Å². The topological polar surface area (TPSA) is 54.5 Å². The molecule has 1 aromatic heterocycles. The van der Waals surface area contributed by atoms with Crippen molar-refractivity contribution < 1.29 is 9.53 Å². The van der Waals surface area contributed by atoms with Crippen molar-refractivity contribution in [2.75, 3.05) is 19.7 Å². The molecule has 1 aromatic carbocycles. The Morgan fingerprint density at radius 1 is 1.23 bits per heavy atom. The van der Waals surface area contributed by atoms with Gasteiger partial charge in [-0.3, -0.25) is 14.7 Å². The molecule has 2 atom stereocenters. The Labute approximate surface area is 154 Å². The summed E-state index contributed by atoms with van der Waals surface area (Å²) in [5.74, 6) is 0.0132. The second kappa shape index (κ2) is 7.56. The van der Waals surface area contributed by atoms with Gasteiger partial charge in [0.25, 0.3) is 5.91 Å². The van der Waals surface area contributed by atoms with Gasteiger partial charge in [0.1, 0.15) is 0 Å². The minimum absolute atomic E-state index is 0.0132. The zero-order chi connectivity index (χ0) is 17.8. The predicted molar refractivity (Wildman–Crippen MR) is 99.7 cm³/mol. The highest BCUT2D eigenvalue weighted by Gasteiger charge is 2.43. The van der Waals surface area contributed by atoms with E-state index in [1.54, 1.807) is 0 Å². The fourth-order valence-electron chi connectivity index (χ4n) is 4.10. The highest BCUT2D eigenvalue weighted by atomic mass is 16.5. The van der Waals surface area contributed by atoms with Gasteiger partial charge in [-0.15, -0.1) is 0 Å². The van der Waals surface area contributed by atoms with Crippen molar-refractivity contribution in [1.82, 2.24) is 15.2 Å². The monoisotopic (exact) mass is 351 g/mol. The summed E-state index contributed by atoms with van der Waals surface area (Å²) >= 11 is 0. The van der Waals surface area contributed by atoms with Gasteiger partial charge in [-0.05, 0) is 49.1 Å². The van der Waals surface area contributed by atoms with Crippen LogP contribution in [0, 0.1) is 0 Å². The van der Waals surface area contributed by atoms with Crippen LogP contribution < -0.4 is 5.32 Å². The first-order chi connectivity index (χ1) is 12.7. The molecule has 0 radical (unpaired) electrons. The molecule has 1 amide bonds. The molecule has 136 valence electrons. The third-order valence-electron chi connectivity index (χ3n) is 5.42. The minimum atomic E-state index is -0.125. The van der Waals surface area contributed by atoms with Crippen molar-refractivity contribution in [1.29, 1.82) is 0 Å². The molecule has 4 rings (SSSR count). The molecule has 1 N–H and O–H groups in total. The number of likely N-dealkylation sites (tertiary alicyclic amines) is 1. The van der Waals surface area contributed by atoms with Gasteiger partial charge in [0.05, 0.1) is 5.60 Å². The molecule has 5 nitrogen and oxygen atoms in total. The standard InChI is InChI=1S/C21H25N3O2/c25-20(18-4-2-1-3-5-18)23-19-8-13-26-21(14-19)9-12-24(16-21)15-17-6-10-22-11-7-17/h1-7,10-11,19H,8-9,12-16H2,(H,23,25)/t19-,21-/m0/s1. The highest BCUT2D eigenvalue weighted by molar-refractivity contribution is 5.94. The molecule has 0 bridgehead atoms. The van der Waals surface area contributed by atoms with Crippen LogP contribution in [0.3, 0.4) is 0 Å². The van der Waals surface area contributed by atoms with Gasteiger partial charge in [0.2, 0.25) is 0 Å². The number of hydrogen-bond donors (Lipinski definition) is 1. The van der Waals surface area contributed by atoms with Gasteiger partial charge in [0.15, 0.2) is 0 Å². The van der Waals surface area contributed by atoms with Gasteiger partial charge in [-0.25, -0.2) is 0 Å². The van der Waals surface area contributed by atoms with Crippen LogP contribution in [0.1, 0.15) is 35.2 Å². The number of hydrogen-bond acceptors (Lipinski definition) is 4. The van der Waals surface area contributed by atoms with Gasteiger partial charge < -0.3 is 10.1 Å². The van der Waals surface area contributed by atoms with Crippen molar-refractivity contribution in [3.05, 3.63) is 66.0 Å². The van der Waals surface area contributed by atoms with E-state index >= 15 is 0 Å². The smallest absolute Gasteiger partial charge is 0.251 e. The summed E-state index contributed by atoms with van der Waals surface area (Å²) in [6.45, 7) is 3.59. The van der Waals surface area contributed by atoms with Crippen LogP contribution >= 0.6 is 0 Å². The van der Waals surface area contributed by atoms with Crippen LogP contribution in [0.5, 0.6) is 0 Å². The Balaban J connectivity index is 1.35. The number of carbonyl (C=O) groups excluding carboxylic acids is 1.